The average molecular weight is 204 g/mol. The maximum atomic E-state index is 5.86. The zero-order chi connectivity index (χ0) is 11.0. The van der Waals surface area contributed by atoms with Crippen LogP contribution in [0, 0.1) is 0 Å². The first-order valence-electron chi connectivity index (χ1n) is 5.11. The summed E-state index contributed by atoms with van der Waals surface area (Å²) in [6.07, 6.45) is 0. The number of rotatable bonds is 8. The smallest absolute Gasteiger partial charge is 0.0589 e. The molecule has 0 fully saturated rings. The van der Waals surface area contributed by atoms with Crippen molar-refractivity contribution in [3.8, 4) is 0 Å². The molecule has 0 aliphatic carbocycles. The van der Waals surface area contributed by atoms with Gasteiger partial charge in [-0.2, -0.15) is 0 Å². The molecule has 0 radical (unpaired) electrons. The first-order chi connectivity index (χ1) is 6.63. The Balaban J connectivity index is 3.94. The highest BCUT2D eigenvalue weighted by Crippen LogP contribution is 2.02. The van der Waals surface area contributed by atoms with Gasteiger partial charge in [-0.1, -0.05) is 0 Å². The molecule has 0 aromatic carbocycles. The summed E-state index contributed by atoms with van der Waals surface area (Å²) in [6, 6.07) is 0.531. The summed E-state index contributed by atoms with van der Waals surface area (Å²) in [7, 11) is 3.43. The minimum Gasteiger partial charge on any atom is -0.383 e. The van der Waals surface area contributed by atoms with Crippen LogP contribution < -0.4 is 5.73 Å². The van der Waals surface area contributed by atoms with Gasteiger partial charge in [0, 0.05) is 39.4 Å². The number of ether oxygens (including phenoxy) is 2. The number of nitrogens with zero attached hydrogens (tertiary/aromatic N) is 1. The third-order valence-corrected chi connectivity index (χ3v) is 2.50. The van der Waals surface area contributed by atoms with Crippen molar-refractivity contribution in [2.24, 2.45) is 5.73 Å². The van der Waals surface area contributed by atoms with Gasteiger partial charge in [0.25, 0.3) is 0 Å². The van der Waals surface area contributed by atoms with Crippen LogP contribution >= 0.6 is 0 Å². The molecule has 4 heteroatoms. The Bertz CT molecular complexity index is 123. The molecule has 86 valence electrons. The predicted octanol–water partition coefficient (Wildman–Crippen LogP) is 0.317. The van der Waals surface area contributed by atoms with Crippen molar-refractivity contribution in [2.75, 3.05) is 40.5 Å². The van der Waals surface area contributed by atoms with Crippen LogP contribution in [0.25, 0.3) is 0 Å². The predicted molar refractivity (Wildman–Crippen MR) is 58.4 cm³/mol. The molecule has 0 saturated heterocycles. The van der Waals surface area contributed by atoms with E-state index in [-0.39, 0.29) is 6.04 Å². The van der Waals surface area contributed by atoms with Gasteiger partial charge in [-0.15, -0.1) is 0 Å². The van der Waals surface area contributed by atoms with Gasteiger partial charge in [0.05, 0.1) is 13.2 Å². The third kappa shape index (κ3) is 5.54. The Labute approximate surface area is 87.4 Å². The van der Waals surface area contributed by atoms with Gasteiger partial charge in [-0.3, -0.25) is 4.90 Å². The fourth-order valence-corrected chi connectivity index (χ4v) is 1.27. The van der Waals surface area contributed by atoms with E-state index < -0.39 is 0 Å². The number of methoxy groups -OCH3 is 2. The third-order valence-electron chi connectivity index (χ3n) is 2.50. The van der Waals surface area contributed by atoms with Crippen molar-refractivity contribution in [3.63, 3.8) is 0 Å². The van der Waals surface area contributed by atoms with Crippen molar-refractivity contribution in [3.05, 3.63) is 0 Å². The molecule has 0 bridgehead atoms. The van der Waals surface area contributed by atoms with Gasteiger partial charge in [0.15, 0.2) is 0 Å². The molecule has 14 heavy (non-hydrogen) atoms. The molecule has 0 amide bonds. The second kappa shape index (κ2) is 8.17. The van der Waals surface area contributed by atoms with Crippen LogP contribution in [0.15, 0.2) is 0 Å². The molecule has 0 rings (SSSR count). The topological polar surface area (TPSA) is 47.7 Å². The van der Waals surface area contributed by atoms with Gasteiger partial charge in [-0.05, 0) is 13.8 Å². The molecule has 0 spiro atoms. The van der Waals surface area contributed by atoms with E-state index in [1.54, 1.807) is 14.2 Å². The van der Waals surface area contributed by atoms with E-state index >= 15 is 0 Å². The Kier molecular flexibility index (Phi) is 8.08. The Morgan fingerprint density at radius 1 is 1.07 bits per heavy atom. The molecule has 0 aromatic heterocycles. The van der Waals surface area contributed by atoms with E-state index in [2.05, 4.69) is 11.8 Å². The van der Waals surface area contributed by atoms with E-state index in [4.69, 9.17) is 15.2 Å². The lowest BCUT2D eigenvalue weighted by atomic mass is 10.1. The minimum atomic E-state index is 0.170. The van der Waals surface area contributed by atoms with Crippen LogP contribution in [0.4, 0.5) is 0 Å². The Morgan fingerprint density at radius 2 is 1.50 bits per heavy atom. The fraction of sp³-hybridized carbons (Fsp3) is 1.00. The van der Waals surface area contributed by atoms with E-state index in [1.165, 1.54) is 0 Å². The Morgan fingerprint density at radius 3 is 1.79 bits per heavy atom. The number of nitrogens with two attached hydrogens (primary N) is 1. The van der Waals surface area contributed by atoms with E-state index in [0.717, 1.165) is 26.3 Å². The zero-order valence-corrected chi connectivity index (χ0v) is 9.82. The molecular weight excluding hydrogens is 180 g/mol. The molecule has 0 heterocycles. The average Bonchev–Trinajstić information content (AvgIpc) is 2.17. The monoisotopic (exact) mass is 204 g/mol. The lowest BCUT2D eigenvalue weighted by Crippen LogP contribution is -2.47. The summed E-state index contributed by atoms with van der Waals surface area (Å²) in [5.41, 5.74) is 5.86. The van der Waals surface area contributed by atoms with Crippen LogP contribution in [-0.2, 0) is 9.47 Å². The molecule has 2 atom stereocenters. The summed E-state index contributed by atoms with van der Waals surface area (Å²) in [5, 5.41) is 0. The maximum Gasteiger partial charge on any atom is 0.0589 e. The summed E-state index contributed by atoms with van der Waals surface area (Å²) >= 11 is 0. The van der Waals surface area contributed by atoms with E-state index in [9.17, 15) is 0 Å². The minimum absolute atomic E-state index is 0.170. The second-order valence-electron chi connectivity index (χ2n) is 3.62. The molecule has 0 aliphatic heterocycles. The molecule has 0 aliphatic rings. The first-order valence-corrected chi connectivity index (χ1v) is 5.11. The summed E-state index contributed by atoms with van der Waals surface area (Å²) in [5.74, 6) is 0. The largest absolute Gasteiger partial charge is 0.383 e. The molecule has 0 saturated carbocycles. The van der Waals surface area contributed by atoms with Crippen molar-refractivity contribution >= 4 is 0 Å². The van der Waals surface area contributed by atoms with Crippen LogP contribution in [-0.4, -0.2) is 57.5 Å². The highest BCUT2D eigenvalue weighted by molar-refractivity contribution is 4.74. The van der Waals surface area contributed by atoms with E-state index in [0.29, 0.717) is 6.04 Å². The van der Waals surface area contributed by atoms with Crippen molar-refractivity contribution in [2.45, 2.75) is 25.9 Å². The number of hydrogen-bond donors (Lipinski definition) is 1. The van der Waals surface area contributed by atoms with Crippen molar-refractivity contribution in [1.29, 1.82) is 0 Å². The van der Waals surface area contributed by atoms with Crippen molar-refractivity contribution < 1.29 is 9.47 Å². The normalized spacial score (nSPS) is 15.9. The molecule has 2 N–H and O–H groups in total. The fourth-order valence-electron chi connectivity index (χ4n) is 1.27. The summed E-state index contributed by atoms with van der Waals surface area (Å²) in [4.78, 5) is 2.29. The second-order valence-corrected chi connectivity index (χ2v) is 3.62. The molecule has 4 nitrogen and oxygen atoms in total. The highest BCUT2D eigenvalue weighted by Gasteiger charge is 2.16. The van der Waals surface area contributed by atoms with Gasteiger partial charge >= 0.3 is 0 Å². The van der Waals surface area contributed by atoms with Gasteiger partial charge in [0.1, 0.15) is 0 Å². The van der Waals surface area contributed by atoms with Crippen molar-refractivity contribution in [1.82, 2.24) is 4.90 Å². The molecular formula is C10H24N2O2. The quantitative estimate of drug-likeness (QED) is 0.618. The zero-order valence-electron chi connectivity index (χ0n) is 9.82. The lowest BCUT2D eigenvalue weighted by Gasteiger charge is -2.31. The number of hydrogen-bond acceptors (Lipinski definition) is 4. The molecule has 0 aromatic rings. The Hall–Kier alpha value is -0.160. The maximum absolute atomic E-state index is 5.86. The summed E-state index contributed by atoms with van der Waals surface area (Å²) in [6.45, 7) is 7.44. The van der Waals surface area contributed by atoms with Gasteiger partial charge < -0.3 is 15.2 Å². The summed E-state index contributed by atoms with van der Waals surface area (Å²) < 4.78 is 10.1. The SMILES string of the molecule is COCCN(CCOC)C(C)C(C)N. The van der Waals surface area contributed by atoms with Crippen LogP contribution in [0.3, 0.4) is 0 Å². The standard InChI is InChI=1S/C10H24N2O2/c1-9(11)10(2)12(5-7-13-3)6-8-14-4/h9-10H,5-8,11H2,1-4H3. The van der Waals surface area contributed by atoms with Crippen LogP contribution in [0.5, 0.6) is 0 Å². The molecule has 2 unspecified atom stereocenters. The van der Waals surface area contributed by atoms with Crippen LogP contribution in [0.2, 0.25) is 0 Å². The van der Waals surface area contributed by atoms with Gasteiger partial charge in [-0.25, -0.2) is 0 Å². The first kappa shape index (κ1) is 13.8. The lowest BCUT2D eigenvalue weighted by molar-refractivity contribution is 0.0859. The van der Waals surface area contributed by atoms with E-state index in [1.807, 2.05) is 6.92 Å². The van der Waals surface area contributed by atoms with Crippen LogP contribution in [0.1, 0.15) is 13.8 Å². The highest BCUT2D eigenvalue weighted by atomic mass is 16.5. The van der Waals surface area contributed by atoms with Gasteiger partial charge in [0.2, 0.25) is 0 Å².